The summed E-state index contributed by atoms with van der Waals surface area (Å²) in [6.07, 6.45) is 23.4. The van der Waals surface area contributed by atoms with Gasteiger partial charge in [0.05, 0.1) is 45.3 Å². The van der Waals surface area contributed by atoms with Crippen LogP contribution in [0.1, 0.15) is 375 Å². The number of anilines is 8. The summed E-state index contributed by atoms with van der Waals surface area (Å²) in [5.74, 6) is 0.305. The lowest BCUT2D eigenvalue weighted by Gasteiger charge is -2.39. The number of hydrogen-bond acceptors (Lipinski definition) is 19. The number of carboxylic acid groups (broad SMARTS) is 5. The molecule has 8 aliphatic rings. The molecular weight excluding hydrogens is 1770 g/mol. The Morgan fingerprint density at radius 3 is 1.03 bits per heavy atom. The van der Waals surface area contributed by atoms with Gasteiger partial charge in [-0.2, -0.15) is 0 Å². The summed E-state index contributed by atoms with van der Waals surface area (Å²) in [6.45, 7) is 62.2. The van der Waals surface area contributed by atoms with Gasteiger partial charge in [0.25, 0.3) is 0 Å². The molecule has 0 spiro atoms. The largest absolute Gasteiger partial charge is 0.496 e. The molecule has 8 aliphatic carbocycles. The van der Waals surface area contributed by atoms with E-state index in [4.69, 9.17) is 14.9 Å². The Kier molecular flexibility index (Phi) is 27.7. The second kappa shape index (κ2) is 36.9. The first kappa shape index (κ1) is 101. The van der Waals surface area contributed by atoms with Crippen LogP contribution in [0, 0.1) is 46.5 Å². The van der Waals surface area contributed by atoms with Crippen molar-refractivity contribution in [3.05, 3.63) is 199 Å². The van der Waals surface area contributed by atoms with Crippen LogP contribution >= 0.6 is 56.7 Å². The number of pyridine rings is 4. The highest BCUT2D eigenvalue weighted by molar-refractivity contribution is 7.18. The van der Waals surface area contributed by atoms with Gasteiger partial charge in [-0.05, 0) is 326 Å². The van der Waals surface area contributed by atoms with Crippen molar-refractivity contribution in [3.63, 3.8) is 0 Å². The van der Waals surface area contributed by atoms with Crippen LogP contribution < -0.4 is 24.3 Å². The first-order valence-corrected chi connectivity index (χ1v) is 52.0. The summed E-state index contributed by atoms with van der Waals surface area (Å²) in [6, 6.07) is 20.6. The monoisotopic (exact) mass is 1910 g/mol. The molecule has 3 fully saturated rings. The van der Waals surface area contributed by atoms with E-state index in [1.54, 1.807) is 43.5 Å². The molecule has 2 unspecified atom stereocenters. The molecule has 0 amide bonds. The van der Waals surface area contributed by atoms with Crippen LogP contribution in [0.3, 0.4) is 0 Å². The fraction of sp³-hybridized carbons (Fsp3) is 0.536. The number of aromatic nitrogens is 4. The van der Waals surface area contributed by atoms with Gasteiger partial charge < -0.3 is 49.9 Å². The van der Waals surface area contributed by atoms with Crippen molar-refractivity contribution >= 4 is 130 Å². The number of rotatable bonds is 20. The van der Waals surface area contributed by atoms with Crippen molar-refractivity contribution in [2.45, 2.75) is 342 Å². The van der Waals surface area contributed by atoms with E-state index >= 15 is 0 Å². The highest BCUT2D eigenvalue weighted by Gasteiger charge is 2.50. The van der Waals surface area contributed by atoms with E-state index in [1.165, 1.54) is 207 Å². The number of carboxylic acids is 5. The van der Waals surface area contributed by atoms with Gasteiger partial charge in [0.15, 0.2) is 0 Å². The van der Waals surface area contributed by atoms with Crippen molar-refractivity contribution in [1.82, 2.24) is 19.9 Å². The van der Waals surface area contributed by atoms with E-state index in [1.807, 2.05) is 88.0 Å². The number of aromatic carboxylic acids is 4. The Morgan fingerprint density at radius 2 is 0.709 bits per heavy atom. The standard InChI is InChI=1S/C24H30O3S.C23H30N2O2S.C22H28N2O2S.C21H28N2O2S.C20H26N2O2S/c1-13-19-21(24(4,5)10-9-23(19,2)3)28-20(13)17-11-14(7-8-18(17)27-6)15-12-16(15)22(25)26;1-14-18-19(23(4,5)11-10-22(18,2)3)28-20(14)25(13-15-6-7-15)17-9-8-16(12-24-17)21(26)27;1-13-17-18(22(4,5)11-10-21(17,2)3)27-19(13)24(15-7-8-15)16-9-6-14(12-23-16)20(25)26;1-7-23(15-9-8-14(12-22-15)19(24)25)18-13(2)16-17(26-18)21(5,6)11-10-20(16,3)4;1-12-15-16(20(4,5)10-9-19(15,2)3)25-17(12)22(6)14-8-7-13(11-21-14)18(23)24/h7-8,11,15-16H,9-10,12H2,1-6H3,(H,25,26);8-9,12,15H,6-7,10-11,13H2,1-5H3,(H,26,27);6,9,12,15H,7-8,10-11H2,1-5H3,(H,25,26);8-9,12H,7,10-11H2,1-6H3,(H,24,25);7-8,11H,9-10H2,1-6H3,(H,23,24). The van der Waals surface area contributed by atoms with Crippen molar-refractivity contribution in [2.75, 3.05) is 46.8 Å². The second-order valence-corrected chi connectivity index (χ2v) is 50.6. The van der Waals surface area contributed by atoms with E-state index in [0.717, 1.165) is 72.5 Å². The van der Waals surface area contributed by atoms with Crippen LogP contribution in [0.5, 0.6) is 5.75 Å². The minimum absolute atomic E-state index is 0.130. The number of aliphatic carboxylic acids is 1. The van der Waals surface area contributed by atoms with Crippen molar-refractivity contribution in [3.8, 4) is 16.2 Å². The molecule has 5 N–H and O–H groups in total. The minimum atomic E-state index is -0.951. The molecular formula is C110H142N8O11S5. The number of benzene rings is 1. The van der Waals surface area contributed by atoms with Crippen LogP contribution in [-0.4, -0.2) is 109 Å². The Morgan fingerprint density at radius 1 is 0.388 bits per heavy atom. The molecule has 9 heterocycles. The molecule has 9 aromatic heterocycles. The molecule has 24 heteroatoms. The summed E-state index contributed by atoms with van der Waals surface area (Å²) in [5, 5.41) is 50.9. The van der Waals surface area contributed by atoms with Crippen molar-refractivity contribution in [1.29, 1.82) is 0 Å². The number of ether oxygens (including phenoxy) is 1. The number of methoxy groups -OCH3 is 1. The van der Waals surface area contributed by atoms with Crippen LogP contribution in [0.15, 0.2) is 91.5 Å². The molecule has 10 aromatic rings. The molecule has 3 saturated carbocycles. The molecule has 2 atom stereocenters. The van der Waals surface area contributed by atoms with E-state index in [-0.39, 0.29) is 88.2 Å². The first-order valence-electron chi connectivity index (χ1n) is 47.9. The number of nitrogens with zero attached hydrogens (tertiary/aromatic N) is 8. The maximum atomic E-state index is 11.3. The number of carbonyl (C=O) groups is 5. The average molecular weight is 1910 g/mol. The van der Waals surface area contributed by atoms with Crippen molar-refractivity contribution in [2.24, 2.45) is 11.8 Å². The van der Waals surface area contributed by atoms with Crippen LogP contribution in [0.25, 0.3) is 10.4 Å². The normalized spacial score (nSPS) is 20.1. The maximum absolute atomic E-state index is 11.3. The maximum Gasteiger partial charge on any atom is 0.337 e. The molecule has 19 nitrogen and oxygen atoms in total. The molecule has 0 aliphatic heterocycles. The van der Waals surface area contributed by atoms with Crippen LogP contribution in [-0.2, 0) is 58.9 Å². The zero-order valence-corrected chi connectivity index (χ0v) is 88.4. The first-order chi connectivity index (χ1) is 62.4. The van der Waals surface area contributed by atoms with Gasteiger partial charge in [0.2, 0.25) is 0 Å². The Labute approximate surface area is 814 Å². The quantitative estimate of drug-likeness (QED) is 0.0475. The highest BCUT2D eigenvalue weighted by atomic mass is 32.1. The van der Waals surface area contributed by atoms with E-state index in [0.29, 0.717) is 12.0 Å². The van der Waals surface area contributed by atoms with Gasteiger partial charge in [-0.1, -0.05) is 145 Å². The van der Waals surface area contributed by atoms with Gasteiger partial charge in [-0.3, -0.25) is 4.79 Å². The fourth-order valence-corrected chi connectivity index (χ4v) is 29.7. The van der Waals surface area contributed by atoms with Crippen LogP contribution in [0.2, 0.25) is 0 Å². The molecule has 1 aromatic carbocycles. The third-order valence-electron chi connectivity index (χ3n) is 30.5. The Hall–Kier alpha value is -9.33. The number of fused-ring (bicyclic) bond motifs is 5. The zero-order chi connectivity index (χ0) is 98.1. The zero-order valence-electron chi connectivity index (χ0n) is 84.3. The predicted octanol–water partition coefficient (Wildman–Crippen LogP) is 29.0. The second-order valence-electron chi connectivity index (χ2n) is 45.6. The molecule has 0 radical (unpaired) electrons. The molecule has 134 heavy (non-hydrogen) atoms. The summed E-state index contributed by atoms with van der Waals surface area (Å²) in [5.41, 5.74) is 19.3. The Bertz CT molecular complexity index is 6120. The summed E-state index contributed by atoms with van der Waals surface area (Å²) in [4.78, 5) is 91.4. The lowest BCUT2D eigenvalue weighted by Crippen LogP contribution is -2.32. The Balaban J connectivity index is 0.000000134. The topological polar surface area (TPSA) is 260 Å². The van der Waals surface area contributed by atoms with Crippen LogP contribution in [0.4, 0.5) is 43.3 Å². The fourth-order valence-electron chi connectivity index (χ4n) is 21.4. The van der Waals surface area contributed by atoms with Gasteiger partial charge in [-0.25, -0.2) is 39.1 Å². The van der Waals surface area contributed by atoms with Gasteiger partial charge in [-0.15, -0.1) is 56.7 Å². The number of thiophene rings is 5. The van der Waals surface area contributed by atoms with Gasteiger partial charge >= 0.3 is 29.8 Å². The van der Waals surface area contributed by atoms with E-state index in [9.17, 15) is 39.3 Å². The molecule has 18 rings (SSSR count). The van der Waals surface area contributed by atoms with E-state index < -0.39 is 29.8 Å². The van der Waals surface area contributed by atoms with E-state index in [2.05, 4.69) is 226 Å². The lowest BCUT2D eigenvalue weighted by molar-refractivity contribution is -0.138. The molecule has 0 saturated heterocycles. The minimum Gasteiger partial charge on any atom is -0.496 e. The third-order valence-corrected chi connectivity index (χ3v) is 38.9. The molecule has 0 bridgehead atoms. The third kappa shape index (κ3) is 19.8. The smallest absolute Gasteiger partial charge is 0.337 e. The lowest BCUT2D eigenvalue weighted by atomic mass is 9.66. The van der Waals surface area contributed by atoms with Crippen molar-refractivity contribution < 1.29 is 54.2 Å². The predicted molar refractivity (Wildman–Crippen MR) is 553 cm³/mol. The summed E-state index contributed by atoms with van der Waals surface area (Å²) in [7, 11) is 3.72. The summed E-state index contributed by atoms with van der Waals surface area (Å²) < 4.78 is 5.71. The van der Waals surface area contributed by atoms with Gasteiger partial charge in [0.1, 0.15) is 39.0 Å². The number of hydrogen-bond donors (Lipinski definition) is 5. The SMILES string of the molecule is CCN(c1ccc(C(=O)O)cn1)c1sc2c(c1C)C(C)(C)CCC2(C)C.COc1ccc(C2CC2C(=O)O)cc1-c1sc2c(c1C)C(C)(C)CCC2(C)C.Cc1c(N(C)c2ccc(C(=O)O)cn2)sc2c1C(C)(C)CCC2(C)C.Cc1c(N(CC2CC2)c2ccc(C(=O)O)cn2)sc2c1C(C)(C)CCC2(C)C.Cc1c(N(c2ccc(C(=O)O)cn2)C2CC2)sc2c1C(C)(C)CCC2(C)C. The molecule has 718 valence electrons. The highest BCUT2D eigenvalue weighted by Crippen LogP contribution is 2.62. The summed E-state index contributed by atoms with van der Waals surface area (Å²) >= 11 is 9.49. The van der Waals surface area contributed by atoms with Gasteiger partial charge in [0, 0.05) is 85.8 Å². The average Bonchev–Trinajstić information content (AvgIpc) is 1.54.